The van der Waals surface area contributed by atoms with Crippen LogP contribution in [-0.4, -0.2) is 12.1 Å². The van der Waals surface area contributed by atoms with Crippen molar-refractivity contribution in [3.05, 3.63) is 0 Å². The van der Waals surface area contributed by atoms with Crippen molar-refractivity contribution in [3.63, 3.8) is 0 Å². The lowest BCUT2D eigenvalue weighted by Crippen LogP contribution is -2.47. The molecule has 2 aliphatic carbocycles. The van der Waals surface area contributed by atoms with Crippen molar-refractivity contribution in [2.24, 2.45) is 23.2 Å². The van der Waals surface area contributed by atoms with E-state index in [-0.39, 0.29) is 0 Å². The molecule has 0 amide bonds. The molecule has 2 aliphatic rings. The summed E-state index contributed by atoms with van der Waals surface area (Å²) in [5.41, 5.74) is 0.510. The number of hydrogen-bond acceptors (Lipinski definition) is 1. The molecule has 2 saturated carbocycles. The molecule has 0 bridgehead atoms. The predicted octanol–water partition coefficient (Wildman–Crippen LogP) is 5.40. The van der Waals surface area contributed by atoms with Gasteiger partial charge < -0.3 is 5.32 Å². The normalized spacial score (nSPS) is 36.3. The molecule has 0 aliphatic heterocycles. The number of hydrogen-bond donors (Lipinski definition) is 1. The Hall–Kier alpha value is -0.0400. The lowest BCUT2D eigenvalue weighted by molar-refractivity contribution is 0.134. The molecule has 0 aromatic heterocycles. The fourth-order valence-corrected chi connectivity index (χ4v) is 4.59. The van der Waals surface area contributed by atoms with Crippen molar-refractivity contribution >= 4 is 0 Å². The van der Waals surface area contributed by atoms with E-state index in [1.54, 1.807) is 0 Å². The van der Waals surface area contributed by atoms with Gasteiger partial charge >= 0.3 is 0 Å². The molecule has 0 heterocycles. The van der Waals surface area contributed by atoms with Crippen LogP contribution in [0.1, 0.15) is 86.0 Å². The second-order valence-corrected chi connectivity index (χ2v) is 8.88. The Balaban J connectivity index is 1.82. The van der Waals surface area contributed by atoms with Gasteiger partial charge in [-0.1, -0.05) is 47.5 Å². The predicted molar refractivity (Wildman–Crippen MR) is 88.9 cm³/mol. The monoisotopic (exact) mass is 279 g/mol. The van der Waals surface area contributed by atoms with E-state index >= 15 is 0 Å². The summed E-state index contributed by atoms with van der Waals surface area (Å²) >= 11 is 0. The van der Waals surface area contributed by atoms with E-state index in [4.69, 9.17) is 0 Å². The first-order valence-electron chi connectivity index (χ1n) is 9.14. The van der Waals surface area contributed by atoms with Crippen molar-refractivity contribution in [2.75, 3.05) is 0 Å². The molecule has 1 nitrogen and oxygen atoms in total. The van der Waals surface area contributed by atoms with E-state index in [0.717, 1.165) is 29.8 Å². The summed E-state index contributed by atoms with van der Waals surface area (Å²) in [6, 6.07) is 1.61. The first-order chi connectivity index (χ1) is 9.38. The van der Waals surface area contributed by atoms with Crippen molar-refractivity contribution < 1.29 is 0 Å². The van der Waals surface area contributed by atoms with E-state index in [2.05, 4.69) is 39.9 Å². The maximum Gasteiger partial charge on any atom is 0.0100 e. The second kappa shape index (κ2) is 6.81. The van der Waals surface area contributed by atoms with Crippen LogP contribution >= 0.6 is 0 Å². The van der Waals surface area contributed by atoms with E-state index in [0.29, 0.717) is 5.41 Å². The van der Waals surface area contributed by atoms with Gasteiger partial charge in [-0.15, -0.1) is 0 Å². The van der Waals surface area contributed by atoms with E-state index in [9.17, 15) is 0 Å². The third-order valence-corrected chi connectivity index (χ3v) is 6.08. The largest absolute Gasteiger partial charge is 0.311 e. The van der Waals surface area contributed by atoms with Gasteiger partial charge in [0.1, 0.15) is 0 Å². The van der Waals surface area contributed by atoms with Crippen molar-refractivity contribution in [1.82, 2.24) is 5.32 Å². The maximum atomic E-state index is 4.06. The zero-order chi connectivity index (χ0) is 14.8. The molecule has 2 atom stereocenters. The lowest BCUT2D eigenvalue weighted by Gasteiger charge is -2.41. The zero-order valence-electron chi connectivity index (χ0n) is 14.5. The summed E-state index contributed by atoms with van der Waals surface area (Å²) < 4.78 is 0. The molecule has 0 radical (unpaired) electrons. The van der Waals surface area contributed by atoms with Gasteiger partial charge in [-0.05, 0) is 61.7 Å². The standard InChI is InChI=1S/C19H37N/c1-14(2)17-8-6-7-9-18(17)20-16-12-10-15(11-13-16)19(3,4)5/h14-18,20H,6-13H2,1-5H3. The molecule has 2 rings (SSSR count). The third-order valence-electron chi connectivity index (χ3n) is 6.08. The third kappa shape index (κ3) is 4.23. The minimum Gasteiger partial charge on any atom is -0.311 e. The Kier molecular flexibility index (Phi) is 5.56. The highest BCUT2D eigenvalue weighted by Crippen LogP contribution is 2.38. The van der Waals surface area contributed by atoms with Gasteiger partial charge in [-0.3, -0.25) is 0 Å². The van der Waals surface area contributed by atoms with Crippen LogP contribution in [0.25, 0.3) is 0 Å². The van der Waals surface area contributed by atoms with Crippen molar-refractivity contribution in [2.45, 2.75) is 98.1 Å². The van der Waals surface area contributed by atoms with Gasteiger partial charge in [0.15, 0.2) is 0 Å². The Bertz CT molecular complexity index is 281. The molecule has 1 heteroatoms. The number of rotatable bonds is 3. The van der Waals surface area contributed by atoms with Gasteiger partial charge in [-0.2, -0.15) is 0 Å². The van der Waals surface area contributed by atoms with Crippen LogP contribution < -0.4 is 5.32 Å². The molecule has 2 fully saturated rings. The fourth-order valence-electron chi connectivity index (χ4n) is 4.59. The zero-order valence-corrected chi connectivity index (χ0v) is 14.5. The van der Waals surface area contributed by atoms with Crippen LogP contribution in [0.15, 0.2) is 0 Å². The average molecular weight is 280 g/mol. The SMILES string of the molecule is CC(C)C1CCCCC1NC1CCC(C(C)(C)C)CC1. The molecule has 0 aromatic carbocycles. The quantitative estimate of drug-likeness (QED) is 0.729. The Morgan fingerprint density at radius 2 is 1.45 bits per heavy atom. The summed E-state index contributed by atoms with van der Waals surface area (Å²) in [7, 11) is 0. The highest BCUT2D eigenvalue weighted by atomic mass is 15.0. The highest BCUT2D eigenvalue weighted by molar-refractivity contribution is 4.89. The smallest absolute Gasteiger partial charge is 0.0100 e. The average Bonchev–Trinajstić information content (AvgIpc) is 2.38. The van der Waals surface area contributed by atoms with Crippen LogP contribution in [-0.2, 0) is 0 Å². The molecular weight excluding hydrogens is 242 g/mol. The van der Waals surface area contributed by atoms with Gasteiger partial charge in [0.2, 0.25) is 0 Å². The van der Waals surface area contributed by atoms with Crippen LogP contribution in [0.4, 0.5) is 0 Å². The summed E-state index contributed by atoms with van der Waals surface area (Å²) in [5, 5.41) is 4.06. The molecule has 0 aromatic rings. The number of nitrogens with one attached hydrogen (secondary N) is 1. The molecule has 118 valence electrons. The van der Waals surface area contributed by atoms with E-state index in [1.807, 2.05) is 0 Å². The summed E-state index contributed by atoms with van der Waals surface area (Å²) in [4.78, 5) is 0. The minimum atomic E-state index is 0.510. The maximum absolute atomic E-state index is 4.06. The first kappa shape index (κ1) is 16.3. The van der Waals surface area contributed by atoms with Crippen LogP contribution in [0.3, 0.4) is 0 Å². The molecule has 1 N–H and O–H groups in total. The van der Waals surface area contributed by atoms with Gasteiger partial charge in [0, 0.05) is 12.1 Å². The first-order valence-corrected chi connectivity index (χ1v) is 9.14. The Morgan fingerprint density at radius 3 is 2.00 bits per heavy atom. The summed E-state index contributed by atoms with van der Waals surface area (Å²) in [5.74, 6) is 2.70. The summed E-state index contributed by atoms with van der Waals surface area (Å²) in [6.07, 6.45) is 11.4. The molecular formula is C19H37N. The summed E-state index contributed by atoms with van der Waals surface area (Å²) in [6.45, 7) is 12.1. The van der Waals surface area contributed by atoms with E-state index < -0.39 is 0 Å². The molecule has 0 spiro atoms. The lowest BCUT2D eigenvalue weighted by atomic mass is 9.71. The second-order valence-electron chi connectivity index (χ2n) is 8.88. The molecule has 20 heavy (non-hydrogen) atoms. The molecule has 0 saturated heterocycles. The molecule has 2 unspecified atom stereocenters. The van der Waals surface area contributed by atoms with Crippen molar-refractivity contribution in [3.8, 4) is 0 Å². The fraction of sp³-hybridized carbons (Fsp3) is 1.00. The minimum absolute atomic E-state index is 0.510. The Morgan fingerprint density at radius 1 is 0.850 bits per heavy atom. The van der Waals surface area contributed by atoms with Crippen LogP contribution in [0, 0.1) is 23.2 Å². The van der Waals surface area contributed by atoms with Gasteiger partial charge in [0.25, 0.3) is 0 Å². The van der Waals surface area contributed by atoms with Crippen LogP contribution in [0.2, 0.25) is 0 Å². The van der Waals surface area contributed by atoms with Gasteiger partial charge in [-0.25, -0.2) is 0 Å². The van der Waals surface area contributed by atoms with Crippen molar-refractivity contribution in [1.29, 1.82) is 0 Å². The topological polar surface area (TPSA) is 12.0 Å². The Labute approximate surface area is 127 Å². The highest BCUT2D eigenvalue weighted by Gasteiger charge is 2.33. The van der Waals surface area contributed by atoms with E-state index in [1.165, 1.54) is 51.4 Å². The van der Waals surface area contributed by atoms with Gasteiger partial charge in [0.05, 0.1) is 0 Å². The van der Waals surface area contributed by atoms with Crippen LogP contribution in [0.5, 0.6) is 0 Å².